The Kier molecular flexibility index (Phi) is 5.73. The van der Waals surface area contributed by atoms with Crippen LogP contribution in [0.4, 0.5) is 18.2 Å². The molecule has 2 rings (SSSR count). The number of hydrogen-bond acceptors (Lipinski definition) is 6. The molecule has 2 aromatic rings. The summed E-state index contributed by atoms with van der Waals surface area (Å²) < 4.78 is 44.0. The van der Waals surface area contributed by atoms with Crippen LogP contribution in [0.1, 0.15) is 55.6 Å². The minimum Gasteiger partial charge on any atom is -0.462 e. The van der Waals surface area contributed by atoms with E-state index in [2.05, 4.69) is 10.4 Å². The Morgan fingerprint density at radius 3 is 2.44 bits per heavy atom. The van der Waals surface area contributed by atoms with E-state index in [4.69, 9.17) is 4.74 Å². The van der Waals surface area contributed by atoms with Crippen molar-refractivity contribution in [2.24, 2.45) is 7.05 Å². The lowest BCUT2D eigenvalue weighted by atomic mass is 10.1. The Labute approximate surface area is 156 Å². The summed E-state index contributed by atoms with van der Waals surface area (Å²) in [5, 5.41) is 5.68. The van der Waals surface area contributed by atoms with Crippen LogP contribution in [0.3, 0.4) is 0 Å². The van der Waals surface area contributed by atoms with Crippen molar-refractivity contribution in [3.63, 3.8) is 0 Å². The maximum absolute atomic E-state index is 12.8. The number of alkyl halides is 3. The summed E-state index contributed by atoms with van der Waals surface area (Å²) in [5.41, 5.74) is -1.24. The van der Waals surface area contributed by atoms with Gasteiger partial charge >= 0.3 is 12.1 Å². The molecule has 0 aromatic carbocycles. The van der Waals surface area contributed by atoms with Gasteiger partial charge < -0.3 is 10.1 Å². The number of thiophene rings is 1. The summed E-state index contributed by atoms with van der Waals surface area (Å²) in [6.45, 7) is 4.50. The molecule has 0 spiro atoms. The zero-order chi connectivity index (χ0) is 20.5. The van der Waals surface area contributed by atoms with E-state index < -0.39 is 23.7 Å². The molecule has 2 heterocycles. The third kappa shape index (κ3) is 4.18. The second-order valence-corrected chi connectivity index (χ2v) is 6.55. The number of hydrogen-bond donors (Lipinski definition) is 1. The number of aromatic nitrogens is 2. The number of amides is 1. The van der Waals surface area contributed by atoms with Crippen molar-refractivity contribution < 1.29 is 32.3 Å². The molecule has 0 bridgehead atoms. The van der Waals surface area contributed by atoms with Gasteiger partial charge in [0, 0.05) is 13.1 Å². The van der Waals surface area contributed by atoms with Gasteiger partial charge in [0.2, 0.25) is 0 Å². The first kappa shape index (κ1) is 20.6. The van der Waals surface area contributed by atoms with Crippen LogP contribution in [0.2, 0.25) is 0 Å². The van der Waals surface area contributed by atoms with Crippen molar-refractivity contribution >= 4 is 34.0 Å². The van der Waals surface area contributed by atoms with Gasteiger partial charge in [0.15, 0.2) is 11.5 Å². The van der Waals surface area contributed by atoms with Crippen molar-refractivity contribution in [3.05, 3.63) is 33.5 Å². The molecule has 0 fully saturated rings. The lowest BCUT2D eigenvalue weighted by molar-refractivity contribution is -0.141. The van der Waals surface area contributed by atoms with Crippen LogP contribution in [0.15, 0.2) is 6.07 Å². The third-order valence-electron chi connectivity index (χ3n) is 3.58. The number of ketones is 1. The van der Waals surface area contributed by atoms with Gasteiger partial charge in [0.1, 0.15) is 10.7 Å². The van der Waals surface area contributed by atoms with Crippen LogP contribution in [0.25, 0.3) is 0 Å². The molecule has 7 nitrogen and oxygen atoms in total. The SMILES string of the molecule is CCOC(=O)c1c(NC(=O)c2cc(C(F)(F)F)nn2C)sc(C(C)=O)c1C. The molecule has 27 heavy (non-hydrogen) atoms. The number of rotatable bonds is 5. The maximum atomic E-state index is 12.8. The quantitative estimate of drug-likeness (QED) is 0.610. The lowest BCUT2D eigenvalue weighted by Gasteiger charge is -2.07. The lowest BCUT2D eigenvalue weighted by Crippen LogP contribution is -2.17. The average Bonchev–Trinajstić information content (AvgIpc) is 3.08. The second kappa shape index (κ2) is 7.51. The normalized spacial score (nSPS) is 11.4. The minimum absolute atomic E-state index is 0.00128. The summed E-state index contributed by atoms with van der Waals surface area (Å²) in [6.07, 6.45) is -4.70. The van der Waals surface area contributed by atoms with Crippen molar-refractivity contribution in [2.75, 3.05) is 11.9 Å². The standard InChI is InChI=1S/C16H16F3N3O4S/c1-5-26-15(25)11-7(2)12(8(3)23)27-14(11)20-13(24)9-6-10(16(17,18)19)21-22(9)4/h6H,5H2,1-4H3,(H,20,24). The largest absolute Gasteiger partial charge is 0.462 e. The number of anilines is 1. The number of ether oxygens (including phenoxy) is 1. The molecule has 0 saturated heterocycles. The number of esters is 1. The molecule has 0 aliphatic carbocycles. The molecule has 0 aliphatic heterocycles. The topological polar surface area (TPSA) is 90.3 Å². The van der Waals surface area contributed by atoms with Gasteiger partial charge in [0.05, 0.1) is 17.0 Å². The Bertz CT molecular complexity index is 915. The second-order valence-electron chi connectivity index (χ2n) is 5.53. The maximum Gasteiger partial charge on any atom is 0.435 e. The fourth-order valence-electron chi connectivity index (χ4n) is 2.37. The molecule has 0 aliphatic rings. The first-order chi connectivity index (χ1) is 12.5. The molecule has 0 saturated carbocycles. The van der Waals surface area contributed by atoms with Gasteiger partial charge in [-0.2, -0.15) is 18.3 Å². The molecular weight excluding hydrogens is 387 g/mol. The molecule has 146 valence electrons. The molecule has 11 heteroatoms. The fourth-order valence-corrected chi connectivity index (χ4v) is 3.46. The highest BCUT2D eigenvalue weighted by atomic mass is 32.1. The Morgan fingerprint density at radius 2 is 1.96 bits per heavy atom. The summed E-state index contributed by atoms with van der Waals surface area (Å²) in [7, 11) is 1.19. The van der Waals surface area contributed by atoms with Crippen LogP contribution in [-0.2, 0) is 18.0 Å². The van der Waals surface area contributed by atoms with E-state index in [0.717, 1.165) is 16.0 Å². The number of carbonyl (C=O) groups is 3. The van der Waals surface area contributed by atoms with Crippen LogP contribution in [0.5, 0.6) is 0 Å². The molecule has 0 radical (unpaired) electrons. The van der Waals surface area contributed by atoms with Gasteiger partial charge in [-0.1, -0.05) is 0 Å². The molecule has 0 atom stereocenters. The summed E-state index contributed by atoms with van der Waals surface area (Å²) in [6, 6.07) is 0.603. The van der Waals surface area contributed by atoms with E-state index in [-0.39, 0.29) is 33.5 Å². The summed E-state index contributed by atoms with van der Waals surface area (Å²) in [5.74, 6) is -1.96. The third-order valence-corrected chi connectivity index (χ3v) is 4.88. The van der Waals surface area contributed by atoms with Crippen LogP contribution in [0, 0.1) is 6.92 Å². The highest BCUT2D eigenvalue weighted by molar-refractivity contribution is 7.18. The summed E-state index contributed by atoms with van der Waals surface area (Å²) in [4.78, 5) is 36.6. The van der Waals surface area contributed by atoms with Gasteiger partial charge in [-0.15, -0.1) is 11.3 Å². The van der Waals surface area contributed by atoms with Gasteiger partial charge in [0.25, 0.3) is 5.91 Å². The first-order valence-corrected chi connectivity index (χ1v) is 8.53. The number of nitrogens with zero attached hydrogens (tertiary/aromatic N) is 2. The van der Waals surface area contributed by atoms with E-state index >= 15 is 0 Å². The van der Waals surface area contributed by atoms with E-state index in [9.17, 15) is 27.6 Å². The highest BCUT2D eigenvalue weighted by Gasteiger charge is 2.35. The smallest absolute Gasteiger partial charge is 0.435 e. The fraction of sp³-hybridized carbons (Fsp3) is 0.375. The molecule has 2 aromatic heterocycles. The van der Waals surface area contributed by atoms with Crippen molar-refractivity contribution in [1.82, 2.24) is 9.78 Å². The monoisotopic (exact) mass is 403 g/mol. The molecule has 1 N–H and O–H groups in total. The zero-order valence-electron chi connectivity index (χ0n) is 14.9. The number of Topliss-reactive ketones (excluding diaryl/α,β-unsaturated/α-hetero) is 1. The van der Waals surface area contributed by atoms with Crippen molar-refractivity contribution in [2.45, 2.75) is 26.9 Å². The van der Waals surface area contributed by atoms with Crippen LogP contribution in [-0.4, -0.2) is 34.0 Å². The number of nitrogens with one attached hydrogen (secondary N) is 1. The molecule has 1 amide bonds. The molecular formula is C16H16F3N3O4S. The van der Waals surface area contributed by atoms with Crippen molar-refractivity contribution in [3.8, 4) is 0 Å². The number of aryl methyl sites for hydroxylation is 1. The van der Waals surface area contributed by atoms with Crippen LogP contribution >= 0.6 is 11.3 Å². The van der Waals surface area contributed by atoms with Gasteiger partial charge in [-0.3, -0.25) is 14.3 Å². The van der Waals surface area contributed by atoms with E-state index in [0.29, 0.717) is 11.6 Å². The zero-order valence-corrected chi connectivity index (χ0v) is 15.7. The number of halogens is 3. The van der Waals surface area contributed by atoms with E-state index in [1.54, 1.807) is 6.92 Å². The Balaban J connectivity index is 2.43. The Hall–Kier alpha value is -2.69. The van der Waals surface area contributed by atoms with Crippen molar-refractivity contribution in [1.29, 1.82) is 0 Å². The summed E-state index contributed by atoms with van der Waals surface area (Å²) >= 11 is 0.855. The first-order valence-electron chi connectivity index (χ1n) is 7.71. The average molecular weight is 403 g/mol. The minimum atomic E-state index is -4.70. The van der Waals surface area contributed by atoms with Crippen LogP contribution < -0.4 is 5.32 Å². The Morgan fingerprint density at radius 1 is 1.33 bits per heavy atom. The van der Waals surface area contributed by atoms with Gasteiger partial charge in [-0.25, -0.2) is 4.79 Å². The molecule has 0 unspecified atom stereocenters. The van der Waals surface area contributed by atoms with E-state index in [1.165, 1.54) is 20.9 Å². The number of carbonyl (C=O) groups excluding carboxylic acids is 3. The highest BCUT2D eigenvalue weighted by Crippen LogP contribution is 2.35. The predicted molar refractivity (Wildman–Crippen MR) is 91.2 cm³/mol. The van der Waals surface area contributed by atoms with Gasteiger partial charge in [-0.05, 0) is 26.3 Å². The van der Waals surface area contributed by atoms with E-state index in [1.807, 2.05) is 0 Å². The predicted octanol–water partition coefficient (Wildman–Crippen LogP) is 3.44.